The van der Waals surface area contributed by atoms with Gasteiger partial charge < -0.3 is 25.0 Å². The van der Waals surface area contributed by atoms with E-state index in [0.717, 1.165) is 24.6 Å². The Labute approximate surface area is 109 Å². The maximum Gasteiger partial charge on any atom is 0.414 e. The topological polar surface area (TPSA) is 105 Å². The van der Waals surface area contributed by atoms with Crippen molar-refractivity contribution in [2.45, 2.75) is 6.10 Å². The Morgan fingerprint density at radius 1 is 1.11 bits per heavy atom. The Morgan fingerprint density at radius 2 is 1.58 bits per heavy atom. The lowest BCUT2D eigenvalue weighted by molar-refractivity contribution is -0.159. The van der Waals surface area contributed by atoms with Crippen LogP contribution in [0.25, 0.3) is 0 Å². The number of hydrogen-bond donors (Lipinski definition) is 3. The van der Waals surface area contributed by atoms with Crippen molar-refractivity contribution >= 4 is 11.9 Å². The molecule has 0 aliphatic carbocycles. The van der Waals surface area contributed by atoms with E-state index in [-0.39, 0.29) is 0 Å². The van der Waals surface area contributed by atoms with Crippen molar-refractivity contribution in [2.75, 3.05) is 20.2 Å². The fourth-order valence-electron chi connectivity index (χ4n) is 1.19. The summed E-state index contributed by atoms with van der Waals surface area (Å²) in [4.78, 5) is 18.2. The molecule has 7 nitrogen and oxygen atoms in total. The zero-order valence-corrected chi connectivity index (χ0v) is 10.3. The Kier molecular flexibility index (Phi) is 5.62. The minimum atomic E-state index is -1.82. The van der Waals surface area contributed by atoms with Gasteiger partial charge in [0.2, 0.25) is 0 Å². The number of ether oxygens (including phenoxy) is 2. The average molecular weight is 269 g/mol. The summed E-state index contributed by atoms with van der Waals surface area (Å²) >= 11 is 0. The molecular weight excluding hydrogens is 254 g/mol. The molecule has 2 rings (SSSR count). The fourth-order valence-corrected chi connectivity index (χ4v) is 1.19. The lowest BCUT2D eigenvalue weighted by Gasteiger charge is -2.27. The first-order chi connectivity index (χ1) is 9.02. The molecule has 7 heteroatoms. The quantitative estimate of drug-likeness (QED) is 0.673. The standard InChI is InChI=1S/C10H13NO2.C2H2O4/c1-12-8-2-4-9(5-3-8)13-10-6-11-7-10;3-1(4)2(5)6/h2-5,10-11H,6-7H2,1H3;(H,3,4)(H,5,6). The predicted octanol–water partition coefficient (Wildman–Crippen LogP) is 0.201. The predicted molar refractivity (Wildman–Crippen MR) is 65.6 cm³/mol. The lowest BCUT2D eigenvalue weighted by Crippen LogP contribution is -2.50. The number of nitrogens with one attached hydrogen (secondary N) is 1. The number of aliphatic carboxylic acids is 2. The molecule has 1 aliphatic rings. The van der Waals surface area contributed by atoms with Crippen LogP contribution in [-0.4, -0.2) is 48.5 Å². The van der Waals surface area contributed by atoms with Gasteiger partial charge >= 0.3 is 11.9 Å². The Hall–Kier alpha value is -2.28. The highest BCUT2D eigenvalue weighted by molar-refractivity contribution is 6.27. The summed E-state index contributed by atoms with van der Waals surface area (Å²) in [5.41, 5.74) is 0. The van der Waals surface area contributed by atoms with Gasteiger partial charge in [-0.2, -0.15) is 0 Å². The summed E-state index contributed by atoms with van der Waals surface area (Å²) in [6.07, 6.45) is 0.341. The summed E-state index contributed by atoms with van der Waals surface area (Å²) in [6, 6.07) is 7.66. The number of rotatable bonds is 3. The fraction of sp³-hybridized carbons (Fsp3) is 0.333. The molecule has 1 heterocycles. The van der Waals surface area contributed by atoms with Crippen molar-refractivity contribution in [3.63, 3.8) is 0 Å². The molecule has 1 aliphatic heterocycles. The monoisotopic (exact) mass is 269 g/mol. The van der Waals surface area contributed by atoms with Crippen molar-refractivity contribution in [3.05, 3.63) is 24.3 Å². The van der Waals surface area contributed by atoms with Gasteiger partial charge in [0.05, 0.1) is 7.11 Å². The lowest BCUT2D eigenvalue weighted by atomic mass is 10.2. The van der Waals surface area contributed by atoms with Gasteiger partial charge in [-0.3, -0.25) is 0 Å². The highest BCUT2D eigenvalue weighted by Crippen LogP contribution is 2.18. The second kappa shape index (κ2) is 7.22. The molecule has 0 radical (unpaired) electrons. The van der Waals surface area contributed by atoms with Crippen molar-refractivity contribution in [1.29, 1.82) is 0 Å². The van der Waals surface area contributed by atoms with Crippen LogP contribution < -0.4 is 14.8 Å². The summed E-state index contributed by atoms with van der Waals surface area (Å²) in [5.74, 6) is -1.88. The third kappa shape index (κ3) is 5.26. The summed E-state index contributed by atoms with van der Waals surface area (Å²) in [7, 11) is 1.66. The van der Waals surface area contributed by atoms with E-state index in [1.807, 2.05) is 24.3 Å². The van der Waals surface area contributed by atoms with E-state index < -0.39 is 11.9 Å². The normalized spacial score (nSPS) is 13.5. The van der Waals surface area contributed by atoms with Crippen LogP contribution in [0, 0.1) is 0 Å². The first-order valence-electron chi connectivity index (χ1n) is 5.50. The molecule has 0 aromatic heterocycles. The molecule has 0 bridgehead atoms. The van der Waals surface area contributed by atoms with Crippen LogP contribution in [0.5, 0.6) is 11.5 Å². The molecule has 1 aromatic rings. The van der Waals surface area contributed by atoms with Gasteiger partial charge in [0, 0.05) is 13.1 Å². The number of carboxylic acid groups (broad SMARTS) is 2. The number of methoxy groups -OCH3 is 1. The van der Waals surface area contributed by atoms with Crippen LogP contribution >= 0.6 is 0 Å². The van der Waals surface area contributed by atoms with Crippen LogP contribution in [0.15, 0.2) is 24.3 Å². The minimum absolute atomic E-state index is 0.341. The van der Waals surface area contributed by atoms with Crippen molar-refractivity contribution in [2.24, 2.45) is 0 Å². The zero-order valence-electron chi connectivity index (χ0n) is 10.3. The van der Waals surface area contributed by atoms with Crippen LogP contribution in [0.4, 0.5) is 0 Å². The molecule has 3 N–H and O–H groups in total. The molecule has 104 valence electrons. The summed E-state index contributed by atoms with van der Waals surface area (Å²) in [5, 5.41) is 17.9. The highest BCUT2D eigenvalue weighted by Gasteiger charge is 2.17. The molecule has 0 spiro atoms. The van der Waals surface area contributed by atoms with Crippen LogP contribution in [0.1, 0.15) is 0 Å². The molecule has 1 saturated heterocycles. The average Bonchev–Trinajstić information content (AvgIpc) is 2.35. The number of carboxylic acids is 2. The van der Waals surface area contributed by atoms with Crippen molar-refractivity contribution < 1.29 is 29.3 Å². The summed E-state index contributed by atoms with van der Waals surface area (Å²) < 4.78 is 10.7. The smallest absolute Gasteiger partial charge is 0.414 e. The second-order valence-electron chi connectivity index (χ2n) is 3.68. The Balaban J connectivity index is 0.000000258. The third-order valence-electron chi connectivity index (χ3n) is 2.29. The van der Waals surface area contributed by atoms with E-state index in [9.17, 15) is 0 Å². The molecule has 19 heavy (non-hydrogen) atoms. The van der Waals surface area contributed by atoms with Crippen molar-refractivity contribution in [3.8, 4) is 11.5 Å². The SMILES string of the molecule is COc1ccc(OC2CNC2)cc1.O=C(O)C(=O)O. The Bertz CT molecular complexity index is 414. The van der Waals surface area contributed by atoms with Crippen LogP contribution in [0.3, 0.4) is 0 Å². The van der Waals surface area contributed by atoms with Gasteiger partial charge in [-0.25, -0.2) is 9.59 Å². The van der Waals surface area contributed by atoms with Gasteiger partial charge in [-0.05, 0) is 24.3 Å². The summed E-state index contributed by atoms with van der Waals surface area (Å²) in [6.45, 7) is 1.90. The Morgan fingerprint density at radius 3 is 1.89 bits per heavy atom. The van der Waals surface area contributed by atoms with Crippen LogP contribution in [0.2, 0.25) is 0 Å². The van der Waals surface area contributed by atoms with E-state index in [4.69, 9.17) is 29.3 Å². The van der Waals surface area contributed by atoms with Crippen LogP contribution in [-0.2, 0) is 9.59 Å². The van der Waals surface area contributed by atoms with Gasteiger partial charge in [0.25, 0.3) is 0 Å². The van der Waals surface area contributed by atoms with Gasteiger partial charge in [0.1, 0.15) is 17.6 Å². The molecule has 0 atom stereocenters. The van der Waals surface area contributed by atoms with Crippen molar-refractivity contribution in [1.82, 2.24) is 5.32 Å². The van der Waals surface area contributed by atoms with E-state index in [0.29, 0.717) is 6.10 Å². The first-order valence-corrected chi connectivity index (χ1v) is 5.50. The van der Waals surface area contributed by atoms with Gasteiger partial charge in [-0.1, -0.05) is 0 Å². The second-order valence-corrected chi connectivity index (χ2v) is 3.68. The van der Waals surface area contributed by atoms with Gasteiger partial charge in [0.15, 0.2) is 0 Å². The van der Waals surface area contributed by atoms with E-state index in [1.165, 1.54) is 0 Å². The van der Waals surface area contributed by atoms with Gasteiger partial charge in [-0.15, -0.1) is 0 Å². The van der Waals surface area contributed by atoms with E-state index >= 15 is 0 Å². The minimum Gasteiger partial charge on any atom is -0.497 e. The largest absolute Gasteiger partial charge is 0.497 e. The van der Waals surface area contributed by atoms with E-state index in [2.05, 4.69) is 5.32 Å². The number of benzene rings is 1. The molecule has 1 aromatic carbocycles. The molecule has 0 amide bonds. The maximum atomic E-state index is 9.10. The molecular formula is C12H15NO6. The zero-order chi connectivity index (χ0) is 14.3. The first kappa shape index (κ1) is 14.8. The van der Waals surface area contributed by atoms with E-state index in [1.54, 1.807) is 7.11 Å². The molecule has 0 saturated carbocycles. The number of hydrogen-bond acceptors (Lipinski definition) is 5. The molecule has 1 fully saturated rings. The third-order valence-corrected chi connectivity index (χ3v) is 2.29. The highest BCUT2D eigenvalue weighted by atomic mass is 16.5. The molecule has 0 unspecified atom stereocenters. The maximum absolute atomic E-state index is 9.10. The number of carbonyl (C=O) groups is 2.